The van der Waals surface area contributed by atoms with E-state index in [-0.39, 0.29) is 24.4 Å². The first-order chi connectivity index (χ1) is 10.9. The molecule has 0 aliphatic rings. The van der Waals surface area contributed by atoms with Crippen LogP contribution >= 0.6 is 23.7 Å². The van der Waals surface area contributed by atoms with Gasteiger partial charge in [-0.25, -0.2) is 0 Å². The van der Waals surface area contributed by atoms with Crippen molar-refractivity contribution in [2.45, 2.75) is 25.8 Å². The van der Waals surface area contributed by atoms with Crippen molar-refractivity contribution in [2.75, 3.05) is 6.54 Å². The van der Waals surface area contributed by atoms with E-state index in [1.165, 1.54) is 23.0 Å². The first-order valence-electron chi connectivity index (χ1n) is 7.40. The van der Waals surface area contributed by atoms with Gasteiger partial charge in [-0.05, 0) is 23.1 Å². The molecule has 5 nitrogen and oxygen atoms in total. The molecular weight excluding hydrogens is 346 g/mol. The fourth-order valence-electron chi connectivity index (χ4n) is 2.12. The van der Waals surface area contributed by atoms with Crippen LogP contribution < -0.4 is 16.8 Å². The molecule has 0 saturated carbocycles. The fourth-order valence-corrected chi connectivity index (χ4v) is 2.93. The zero-order chi connectivity index (χ0) is 17.0. The summed E-state index contributed by atoms with van der Waals surface area (Å²) < 4.78 is 0. The maximum atomic E-state index is 12.1. The van der Waals surface area contributed by atoms with E-state index in [1.807, 2.05) is 12.1 Å². The van der Waals surface area contributed by atoms with E-state index in [0.717, 1.165) is 5.56 Å². The summed E-state index contributed by atoms with van der Waals surface area (Å²) in [7, 11) is 0. The predicted molar refractivity (Wildman–Crippen MR) is 99.9 cm³/mol. The molecule has 0 bridgehead atoms. The van der Waals surface area contributed by atoms with Gasteiger partial charge >= 0.3 is 0 Å². The van der Waals surface area contributed by atoms with Crippen molar-refractivity contribution in [3.63, 3.8) is 0 Å². The molecule has 2 amide bonds. The number of hydrogen-bond donors (Lipinski definition) is 3. The molecule has 0 aliphatic carbocycles. The van der Waals surface area contributed by atoms with E-state index in [4.69, 9.17) is 11.5 Å². The summed E-state index contributed by atoms with van der Waals surface area (Å²) in [4.78, 5) is 23.5. The molecule has 0 spiro atoms. The lowest BCUT2D eigenvalue weighted by Gasteiger charge is -2.14. The molecule has 1 heterocycles. The zero-order valence-corrected chi connectivity index (χ0v) is 15.2. The molecule has 130 valence electrons. The Labute approximate surface area is 151 Å². The lowest BCUT2D eigenvalue weighted by molar-refractivity contribution is 0.0955. The van der Waals surface area contributed by atoms with Crippen LogP contribution in [0.15, 0.2) is 35.7 Å². The van der Waals surface area contributed by atoms with Gasteiger partial charge in [-0.3, -0.25) is 9.59 Å². The fraction of sp³-hybridized carbons (Fsp3) is 0.294. The van der Waals surface area contributed by atoms with E-state index in [2.05, 4.69) is 31.3 Å². The topological polar surface area (TPSA) is 98.2 Å². The summed E-state index contributed by atoms with van der Waals surface area (Å²) in [5, 5.41) is 4.35. The van der Waals surface area contributed by atoms with Crippen molar-refractivity contribution in [3.8, 4) is 0 Å². The number of nitrogens with one attached hydrogen (secondary N) is 1. The van der Waals surface area contributed by atoms with Crippen LogP contribution in [0, 0.1) is 0 Å². The Bertz CT molecular complexity index is 698. The van der Waals surface area contributed by atoms with E-state index >= 15 is 0 Å². The standard InChI is InChI=1S/C17H21N3O2S.ClH/c1-10(2)11-3-5-12(6-4-11)14(18)8-20-17(22)15-7-13(9-23-15)16(19)21;/h3-7,9-10,14H,8,18H2,1-2H3,(H2,19,21)(H,20,22);1H. The highest BCUT2D eigenvalue weighted by Crippen LogP contribution is 2.18. The highest BCUT2D eigenvalue weighted by atomic mass is 35.5. The van der Waals surface area contributed by atoms with Crippen LogP contribution in [0.1, 0.15) is 57.0 Å². The molecule has 0 radical (unpaired) electrons. The molecule has 1 unspecified atom stereocenters. The maximum absolute atomic E-state index is 12.1. The minimum atomic E-state index is -0.540. The molecule has 7 heteroatoms. The average Bonchev–Trinajstić information content (AvgIpc) is 3.02. The van der Waals surface area contributed by atoms with Gasteiger partial charge in [0.2, 0.25) is 5.91 Å². The van der Waals surface area contributed by atoms with Crippen molar-refractivity contribution in [3.05, 3.63) is 57.3 Å². The van der Waals surface area contributed by atoms with Gasteiger partial charge in [-0.1, -0.05) is 38.1 Å². The molecule has 2 rings (SSSR count). The number of carbonyl (C=O) groups excluding carboxylic acids is 2. The third-order valence-electron chi connectivity index (χ3n) is 3.62. The summed E-state index contributed by atoms with van der Waals surface area (Å²) in [5.41, 5.74) is 13.9. The molecule has 1 atom stereocenters. The highest BCUT2D eigenvalue weighted by molar-refractivity contribution is 7.12. The van der Waals surface area contributed by atoms with Gasteiger partial charge in [0.1, 0.15) is 0 Å². The summed E-state index contributed by atoms with van der Waals surface area (Å²) in [6.07, 6.45) is 0. The summed E-state index contributed by atoms with van der Waals surface area (Å²) in [6.45, 7) is 4.59. The summed E-state index contributed by atoms with van der Waals surface area (Å²) in [5.74, 6) is -0.322. The van der Waals surface area contributed by atoms with Crippen LogP contribution in [0.3, 0.4) is 0 Å². The Hall–Kier alpha value is -1.89. The Morgan fingerprint density at radius 3 is 2.25 bits per heavy atom. The zero-order valence-electron chi connectivity index (χ0n) is 13.6. The van der Waals surface area contributed by atoms with Crippen molar-refractivity contribution in [1.29, 1.82) is 0 Å². The third-order valence-corrected chi connectivity index (χ3v) is 4.55. The number of rotatable bonds is 6. The van der Waals surface area contributed by atoms with E-state index in [9.17, 15) is 9.59 Å². The largest absolute Gasteiger partial charge is 0.366 e. The summed E-state index contributed by atoms with van der Waals surface area (Å²) >= 11 is 1.18. The quantitative estimate of drug-likeness (QED) is 0.732. The van der Waals surface area contributed by atoms with Gasteiger partial charge in [-0.15, -0.1) is 23.7 Å². The lowest BCUT2D eigenvalue weighted by Crippen LogP contribution is -2.31. The summed E-state index contributed by atoms with van der Waals surface area (Å²) in [6, 6.07) is 9.30. The van der Waals surface area contributed by atoms with Crippen LogP contribution in [0.5, 0.6) is 0 Å². The van der Waals surface area contributed by atoms with Crippen LogP contribution in [0.2, 0.25) is 0 Å². The Balaban J connectivity index is 0.00000288. The number of carbonyl (C=O) groups is 2. The molecular formula is C17H22ClN3O2S. The van der Waals surface area contributed by atoms with Crippen LogP contribution in [-0.2, 0) is 0 Å². The number of primary amides is 1. The second kappa shape index (κ2) is 8.82. The second-order valence-electron chi connectivity index (χ2n) is 5.70. The number of thiophene rings is 1. The number of hydrogen-bond acceptors (Lipinski definition) is 4. The average molecular weight is 368 g/mol. The Morgan fingerprint density at radius 1 is 1.17 bits per heavy atom. The van der Waals surface area contributed by atoms with Gasteiger partial charge in [-0.2, -0.15) is 0 Å². The molecule has 0 aliphatic heterocycles. The highest BCUT2D eigenvalue weighted by Gasteiger charge is 2.13. The Morgan fingerprint density at radius 2 is 1.75 bits per heavy atom. The van der Waals surface area contributed by atoms with Crippen molar-refractivity contribution < 1.29 is 9.59 Å². The van der Waals surface area contributed by atoms with Crippen molar-refractivity contribution >= 4 is 35.6 Å². The number of benzene rings is 1. The monoisotopic (exact) mass is 367 g/mol. The van der Waals surface area contributed by atoms with E-state index in [1.54, 1.807) is 5.38 Å². The number of halogens is 1. The predicted octanol–water partition coefficient (Wildman–Crippen LogP) is 2.82. The molecule has 24 heavy (non-hydrogen) atoms. The minimum absolute atomic E-state index is 0. The SMILES string of the molecule is CC(C)c1ccc(C(N)CNC(=O)c2cc(C(N)=O)cs2)cc1.Cl. The molecule has 5 N–H and O–H groups in total. The number of nitrogens with two attached hydrogens (primary N) is 2. The van der Waals surface area contributed by atoms with Crippen molar-refractivity contribution in [2.24, 2.45) is 11.5 Å². The van der Waals surface area contributed by atoms with E-state index in [0.29, 0.717) is 22.9 Å². The van der Waals surface area contributed by atoms with Gasteiger partial charge in [0.15, 0.2) is 0 Å². The Kier molecular flexibility index (Phi) is 7.41. The maximum Gasteiger partial charge on any atom is 0.261 e. The van der Waals surface area contributed by atoms with Crippen LogP contribution in [0.4, 0.5) is 0 Å². The molecule has 1 aromatic heterocycles. The van der Waals surface area contributed by atoms with Gasteiger partial charge in [0.05, 0.1) is 10.4 Å². The molecule has 1 aromatic carbocycles. The smallest absolute Gasteiger partial charge is 0.261 e. The lowest BCUT2D eigenvalue weighted by atomic mass is 9.99. The molecule has 0 saturated heterocycles. The third kappa shape index (κ3) is 5.06. The van der Waals surface area contributed by atoms with Crippen LogP contribution in [-0.4, -0.2) is 18.4 Å². The molecule has 0 fully saturated rings. The normalized spacial score (nSPS) is 11.7. The van der Waals surface area contributed by atoms with Gasteiger partial charge in [0, 0.05) is 18.0 Å². The van der Waals surface area contributed by atoms with E-state index < -0.39 is 5.91 Å². The van der Waals surface area contributed by atoms with Gasteiger partial charge < -0.3 is 16.8 Å². The number of amides is 2. The van der Waals surface area contributed by atoms with Crippen LogP contribution in [0.25, 0.3) is 0 Å². The first-order valence-corrected chi connectivity index (χ1v) is 8.28. The molecule has 2 aromatic rings. The first kappa shape index (κ1) is 20.2. The minimum Gasteiger partial charge on any atom is -0.366 e. The van der Waals surface area contributed by atoms with Crippen molar-refractivity contribution in [1.82, 2.24) is 5.32 Å². The van der Waals surface area contributed by atoms with Gasteiger partial charge in [0.25, 0.3) is 5.91 Å². The second-order valence-corrected chi connectivity index (χ2v) is 6.61.